The molecule has 1 aromatic carbocycles. The maximum absolute atomic E-state index is 12.1. The Morgan fingerprint density at radius 2 is 2.15 bits per heavy atom. The van der Waals surface area contributed by atoms with Crippen LogP contribution in [0.15, 0.2) is 30.3 Å². The van der Waals surface area contributed by atoms with Crippen molar-refractivity contribution in [3.8, 4) is 0 Å². The Labute approximate surface area is 120 Å². The summed E-state index contributed by atoms with van der Waals surface area (Å²) in [6.45, 7) is 1.93. The van der Waals surface area contributed by atoms with E-state index < -0.39 is 0 Å². The molecule has 2 rings (SSSR count). The third-order valence-corrected chi connectivity index (χ3v) is 3.89. The summed E-state index contributed by atoms with van der Waals surface area (Å²) in [5.41, 5.74) is 7.35. The third kappa shape index (κ3) is 3.84. The standard InChI is InChI=1S/C16H23N3O/c1-18-11-3-4-15(18)12-19(2)16(20)10-7-13-5-8-14(17)9-6-13/h5-10,15H,3-4,11-12,17H2,1-2H3/b10-7+. The fraction of sp³-hybridized carbons (Fsp3) is 0.438. The van der Waals surface area contributed by atoms with Crippen molar-refractivity contribution in [3.05, 3.63) is 35.9 Å². The van der Waals surface area contributed by atoms with Gasteiger partial charge in [0.25, 0.3) is 0 Å². The lowest BCUT2D eigenvalue weighted by Crippen LogP contribution is -2.38. The highest BCUT2D eigenvalue weighted by Gasteiger charge is 2.23. The van der Waals surface area contributed by atoms with Crippen LogP contribution < -0.4 is 5.73 Å². The van der Waals surface area contributed by atoms with Crippen LogP contribution in [0.5, 0.6) is 0 Å². The number of carbonyl (C=O) groups excluding carboxylic acids is 1. The van der Waals surface area contributed by atoms with Gasteiger partial charge in [-0.05, 0) is 50.2 Å². The largest absolute Gasteiger partial charge is 0.399 e. The number of hydrogen-bond donors (Lipinski definition) is 1. The smallest absolute Gasteiger partial charge is 0.246 e. The monoisotopic (exact) mass is 273 g/mol. The second-order valence-corrected chi connectivity index (χ2v) is 5.50. The molecule has 1 atom stereocenters. The Morgan fingerprint density at radius 1 is 1.45 bits per heavy atom. The summed E-state index contributed by atoms with van der Waals surface area (Å²) in [6, 6.07) is 7.98. The van der Waals surface area contributed by atoms with Crippen molar-refractivity contribution < 1.29 is 4.79 Å². The van der Waals surface area contributed by atoms with Crippen LogP contribution in [0.25, 0.3) is 6.08 Å². The van der Waals surface area contributed by atoms with Gasteiger partial charge < -0.3 is 15.5 Å². The zero-order chi connectivity index (χ0) is 14.5. The summed E-state index contributed by atoms with van der Waals surface area (Å²) in [6.07, 6.45) is 5.86. The maximum Gasteiger partial charge on any atom is 0.246 e. The van der Waals surface area contributed by atoms with Gasteiger partial charge in [0, 0.05) is 31.4 Å². The average Bonchev–Trinajstić information content (AvgIpc) is 2.83. The Bertz CT molecular complexity index is 481. The molecule has 108 valence electrons. The molecule has 20 heavy (non-hydrogen) atoms. The van der Waals surface area contributed by atoms with E-state index in [4.69, 9.17) is 5.73 Å². The minimum Gasteiger partial charge on any atom is -0.399 e. The van der Waals surface area contributed by atoms with Gasteiger partial charge in [-0.25, -0.2) is 0 Å². The quantitative estimate of drug-likeness (QED) is 0.672. The predicted octanol–water partition coefficient (Wildman–Crippen LogP) is 1.83. The van der Waals surface area contributed by atoms with Crippen molar-refractivity contribution in [1.29, 1.82) is 0 Å². The maximum atomic E-state index is 12.1. The normalized spacial score (nSPS) is 19.6. The molecular formula is C16H23N3O. The zero-order valence-corrected chi connectivity index (χ0v) is 12.2. The fourth-order valence-corrected chi connectivity index (χ4v) is 2.52. The van der Waals surface area contributed by atoms with Gasteiger partial charge in [-0.15, -0.1) is 0 Å². The van der Waals surface area contributed by atoms with E-state index >= 15 is 0 Å². The highest BCUT2D eigenvalue weighted by atomic mass is 16.2. The molecule has 0 saturated carbocycles. The zero-order valence-electron chi connectivity index (χ0n) is 12.2. The van der Waals surface area contributed by atoms with Crippen LogP contribution in [-0.4, -0.2) is 48.9 Å². The Balaban J connectivity index is 1.88. The van der Waals surface area contributed by atoms with Gasteiger partial charge in [0.05, 0.1) is 0 Å². The number of nitrogen functional groups attached to an aromatic ring is 1. The number of carbonyl (C=O) groups is 1. The van der Waals surface area contributed by atoms with Crippen LogP contribution in [0, 0.1) is 0 Å². The van der Waals surface area contributed by atoms with Crippen molar-refractivity contribution in [1.82, 2.24) is 9.80 Å². The van der Waals surface area contributed by atoms with E-state index in [0.717, 1.165) is 24.3 Å². The van der Waals surface area contributed by atoms with Gasteiger partial charge in [0.2, 0.25) is 5.91 Å². The van der Waals surface area contributed by atoms with E-state index in [1.807, 2.05) is 37.4 Å². The summed E-state index contributed by atoms with van der Waals surface area (Å²) in [5, 5.41) is 0. The number of rotatable bonds is 4. The molecule has 0 radical (unpaired) electrons. The average molecular weight is 273 g/mol. The van der Waals surface area contributed by atoms with Gasteiger partial charge in [0.15, 0.2) is 0 Å². The van der Waals surface area contributed by atoms with Crippen LogP contribution in [0.2, 0.25) is 0 Å². The van der Waals surface area contributed by atoms with Crippen molar-refractivity contribution >= 4 is 17.7 Å². The lowest BCUT2D eigenvalue weighted by molar-refractivity contribution is -0.125. The minimum atomic E-state index is 0.0436. The molecule has 0 bridgehead atoms. The van der Waals surface area contributed by atoms with E-state index in [0.29, 0.717) is 6.04 Å². The lowest BCUT2D eigenvalue weighted by Gasteiger charge is -2.25. The number of nitrogens with two attached hydrogens (primary N) is 1. The molecule has 1 saturated heterocycles. The van der Waals surface area contributed by atoms with Gasteiger partial charge in [-0.2, -0.15) is 0 Å². The third-order valence-electron chi connectivity index (χ3n) is 3.89. The topological polar surface area (TPSA) is 49.6 Å². The number of hydrogen-bond acceptors (Lipinski definition) is 3. The summed E-state index contributed by atoms with van der Waals surface area (Å²) >= 11 is 0. The van der Waals surface area contributed by atoms with Crippen molar-refractivity contribution in [2.75, 3.05) is 32.9 Å². The van der Waals surface area contributed by atoms with E-state index in [1.165, 1.54) is 12.8 Å². The second-order valence-electron chi connectivity index (χ2n) is 5.50. The van der Waals surface area contributed by atoms with E-state index in [9.17, 15) is 4.79 Å². The molecule has 1 aliphatic heterocycles. The molecule has 1 aliphatic rings. The molecule has 4 nitrogen and oxygen atoms in total. The SMILES string of the molecule is CN(CC1CCCN1C)C(=O)/C=C/c1ccc(N)cc1. The molecule has 1 unspecified atom stereocenters. The van der Waals surface area contributed by atoms with Gasteiger partial charge in [0.1, 0.15) is 0 Å². The molecule has 0 spiro atoms. The molecule has 4 heteroatoms. The molecule has 1 amide bonds. The van der Waals surface area contributed by atoms with Crippen LogP contribution in [-0.2, 0) is 4.79 Å². The van der Waals surface area contributed by atoms with E-state index in [1.54, 1.807) is 11.0 Å². The highest BCUT2D eigenvalue weighted by molar-refractivity contribution is 5.91. The number of benzene rings is 1. The van der Waals surface area contributed by atoms with Crippen LogP contribution in [0.3, 0.4) is 0 Å². The number of nitrogens with zero attached hydrogens (tertiary/aromatic N) is 2. The summed E-state index contributed by atoms with van der Waals surface area (Å²) < 4.78 is 0. The summed E-state index contributed by atoms with van der Waals surface area (Å²) in [4.78, 5) is 16.2. The molecule has 0 aromatic heterocycles. The first-order valence-corrected chi connectivity index (χ1v) is 7.05. The first-order valence-electron chi connectivity index (χ1n) is 7.05. The number of anilines is 1. The molecular weight excluding hydrogens is 250 g/mol. The number of likely N-dealkylation sites (N-methyl/N-ethyl adjacent to an activating group) is 2. The fourth-order valence-electron chi connectivity index (χ4n) is 2.52. The van der Waals surface area contributed by atoms with Gasteiger partial charge >= 0.3 is 0 Å². The summed E-state index contributed by atoms with van der Waals surface area (Å²) in [5.74, 6) is 0.0436. The molecule has 1 heterocycles. The minimum absolute atomic E-state index is 0.0436. The van der Waals surface area contributed by atoms with Crippen LogP contribution >= 0.6 is 0 Å². The van der Waals surface area contributed by atoms with E-state index in [2.05, 4.69) is 11.9 Å². The summed E-state index contributed by atoms with van der Waals surface area (Å²) in [7, 11) is 3.99. The van der Waals surface area contributed by atoms with Crippen molar-refractivity contribution in [2.24, 2.45) is 0 Å². The first-order chi connectivity index (χ1) is 9.56. The number of amides is 1. The predicted molar refractivity (Wildman–Crippen MR) is 83.2 cm³/mol. The Morgan fingerprint density at radius 3 is 2.75 bits per heavy atom. The molecule has 2 N–H and O–H groups in total. The second kappa shape index (κ2) is 6.57. The van der Waals surface area contributed by atoms with E-state index in [-0.39, 0.29) is 5.91 Å². The molecule has 1 aromatic rings. The first kappa shape index (κ1) is 14.6. The lowest BCUT2D eigenvalue weighted by atomic mass is 10.2. The molecule has 1 fully saturated rings. The Kier molecular flexibility index (Phi) is 4.79. The van der Waals surface area contributed by atoms with Gasteiger partial charge in [-0.1, -0.05) is 12.1 Å². The van der Waals surface area contributed by atoms with Crippen LogP contribution in [0.4, 0.5) is 5.69 Å². The van der Waals surface area contributed by atoms with Gasteiger partial charge in [-0.3, -0.25) is 4.79 Å². The molecule has 0 aliphatic carbocycles. The Hall–Kier alpha value is -1.81. The number of likely N-dealkylation sites (tertiary alicyclic amines) is 1. The highest BCUT2D eigenvalue weighted by Crippen LogP contribution is 2.15. The van der Waals surface area contributed by atoms with Crippen LogP contribution in [0.1, 0.15) is 18.4 Å². The van der Waals surface area contributed by atoms with Crippen molar-refractivity contribution in [3.63, 3.8) is 0 Å². The van der Waals surface area contributed by atoms with Crippen molar-refractivity contribution in [2.45, 2.75) is 18.9 Å².